The number of carbonyl (C=O) groups excluding carboxylic acids is 1. The predicted octanol–water partition coefficient (Wildman–Crippen LogP) is 5.39. The average molecular weight is 524 g/mol. The molecule has 7 nitrogen and oxygen atoms in total. The average Bonchev–Trinajstić information content (AvgIpc) is 2.83. The van der Waals surface area contributed by atoms with Crippen molar-refractivity contribution in [2.75, 3.05) is 39.7 Å². The van der Waals surface area contributed by atoms with E-state index in [-0.39, 0.29) is 24.5 Å². The number of piperidine rings is 1. The van der Waals surface area contributed by atoms with Crippen LogP contribution in [0.2, 0.25) is 5.02 Å². The van der Waals surface area contributed by atoms with Crippen LogP contribution in [0.15, 0.2) is 36.4 Å². The highest BCUT2D eigenvalue weighted by Crippen LogP contribution is 2.40. The summed E-state index contributed by atoms with van der Waals surface area (Å²) in [6.45, 7) is 2.16. The maximum Gasteiger partial charge on any atom is 0.319 e. The van der Waals surface area contributed by atoms with Gasteiger partial charge in [-0.2, -0.15) is 0 Å². The third-order valence-electron chi connectivity index (χ3n) is 7.03. The van der Waals surface area contributed by atoms with E-state index < -0.39 is 0 Å². The number of urea groups is 1. The van der Waals surface area contributed by atoms with Gasteiger partial charge in [-0.3, -0.25) is 4.90 Å². The van der Waals surface area contributed by atoms with Crippen LogP contribution < -0.4 is 24.8 Å². The summed E-state index contributed by atoms with van der Waals surface area (Å²) in [6, 6.07) is 12.0. The number of halogens is 2. The van der Waals surface area contributed by atoms with Crippen LogP contribution in [-0.2, 0) is 6.42 Å². The minimum atomic E-state index is -0.221. The number of likely N-dealkylation sites (tertiary alicyclic amines) is 1. The predicted molar refractivity (Wildman–Crippen MR) is 142 cm³/mol. The minimum absolute atomic E-state index is 0. The lowest BCUT2D eigenvalue weighted by atomic mass is 9.82. The van der Waals surface area contributed by atoms with Crippen molar-refractivity contribution in [2.24, 2.45) is 5.92 Å². The van der Waals surface area contributed by atoms with Crippen LogP contribution in [0.3, 0.4) is 0 Å². The molecule has 2 fully saturated rings. The Balaban J connectivity index is 0.00000342. The van der Waals surface area contributed by atoms with Crippen molar-refractivity contribution in [3.8, 4) is 17.2 Å². The van der Waals surface area contributed by atoms with Gasteiger partial charge in [0.05, 0.1) is 27.0 Å². The molecule has 35 heavy (non-hydrogen) atoms. The molecule has 0 radical (unpaired) electrons. The molecule has 2 N–H and O–H groups in total. The molecule has 1 saturated carbocycles. The molecule has 0 bridgehead atoms. The molecule has 9 heteroatoms. The normalized spacial score (nSPS) is 20.2. The number of benzene rings is 2. The number of ether oxygens (including phenoxy) is 3. The zero-order valence-corrected chi connectivity index (χ0v) is 22.1. The van der Waals surface area contributed by atoms with Crippen LogP contribution in [0.5, 0.6) is 17.2 Å². The van der Waals surface area contributed by atoms with Crippen LogP contribution in [0.4, 0.5) is 10.5 Å². The van der Waals surface area contributed by atoms with E-state index in [0.717, 1.165) is 37.4 Å². The van der Waals surface area contributed by atoms with Gasteiger partial charge in [0.1, 0.15) is 0 Å². The summed E-state index contributed by atoms with van der Waals surface area (Å²) in [6.07, 6.45) is 5.59. The maximum absolute atomic E-state index is 12.7. The Kier molecular flexibility index (Phi) is 9.78. The summed E-state index contributed by atoms with van der Waals surface area (Å²) in [7, 11) is 4.66. The zero-order chi connectivity index (χ0) is 24.1. The zero-order valence-electron chi connectivity index (χ0n) is 20.5. The molecule has 192 valence electrons. The SMILES string of the molecule is COc1cc(NC(=O)N[C@@H]2CC[C@H]2N2CCC(Cc3ccc(Cl)cc3)CC2)cc(OC)c1OC.Cl. The number of nitrogens with zero attached hydrogens (tertiary/aromatic N) is 1. The number of hydrogen-bond acceptors (Lipinski definition) is 5. The lowest BCUT2D eigenvalue weighted by Gasteiger charge is -2.47. The Hall–Kier alpha value is -2.35. The smallest absolute Gasteiger partial charge is 0.319 e. The van der Waals surface area contributed by atoms with Crippen molar-refractivity contribution in [1.82, 2.24) is 10.2 Å². The van der Waals surface area contributed by atoms with Crippen molar-refractivity contribution >= 4 is 35.7 Å². The highest BCUT2D eigenvalue weighted by atomic mass is 35.5. The minimum Gasteiger partial charge on any atom is -0.493 e. The van der Waals surface area contributed by atoms with Gasteiger partial charge in [-0.1, -0.05) is 23.7 Å². The third-order valence-corrected chi connectivity index (χ3v) is 7.28. The van der Waals surface area contributed by atoms with Gasteiger partial charge in [-0.15, -0.1) is 12.4 Å². The van der Waals surface area contributed by atoms with Crippen molar-refractivity contribution in [3.05, 3.63) is 47.0 Å². The summed E-state index contributed by atoms with van der Waals surface area (Å²) in [5, 5.41) is 6.85. The molecule has 4 rings (SSSR count). The second-order valence-electron chi connectivity index (χ2n) is 9.07. The number of carbonyl (C=O) groups is 1. The van der Waals surface area contributed by atoms with Crippen LogP contribution in [0, 0.1) is 5.92 Å². The van der Waals surface area contributed by atoms with E-state index in [2.05, 4.69) is 27.7 Å². The molecule has 1 aliphatic carbocycles. The van der Waals surface area contributed by atoms with E-state index in [0.29, 0.717) is 34.9 Å². The fraction of sp³-hybridized carbons (Fsp3) is 0.500. The third kappa shape index (κ3) is 6.66. The maximum atomic E-state index is 12.7. The standard InChI is InChI=1S/C26H34ClN3O4.ClH/c1-32-23-15-20(16-24(33-2)25(23)34-3)28-26(31)29-21-8-9-22(21)30-12-10-18(11-13-30)14-17-4-6-19(27)7-5-17;/h4-7,15-16,18,21-22H,8-14H2,1-3H3,(H2,28,29,31);1H/t21-,22-;/m1./s1. The first-order valence-electron chi connectivity index (χ1n) is 11.9. The molecule has 1 aliphatic heterocycles. The molecule has 2 aromatic rings. The molecular formula is C26H35Cl2N3O4. The van der Waals surface area contributed by atoms with E-state index in [1.807, 2.05) is 12.1 Å². The van der Waals surface area contributed by atoms with Gasteiger partial charge < -0.3 is 24.8 Å². The molecule has 0 aromatic heterocycles. The first-order valence-corrected chi connectivity index (χ1v) is 12.2. The topological polar surface area (TPSA) is 72.1 Å². The van der Waals surface area contributed by atoms with Crippen molar-refractivity contribution in [1.29, 1.82) is 0 Å². The highest BCUT2D eigenvalue weighted by molar-refractivity contribution is 6.30. The summed E-state index contributed by atoms with van der Waals surface area (Å²) in [4.78, 5) is 15.3. The Morgan fingerprint density at radius 1 is 0.971 bits per heavy atom. The molecule has 0 unspecified atom stereocenters. The lowest BCUT2D eigenvalue weighted by molar-refractivity contribution is 0.0581. The second-order valence-corrected chi connectivity index (χ2v) is 9.51. The van der Waals surface area contributed by atoms with Crippen LogP contribution in [0.1, 0.15) is 31.2 Å². The Morgan fingerprint density at radius 2 is 1.60 bits per heavy atom. The van der Waals surface area contributed by atoms with Crippen molar-refractivity contribution in [3.63, 3.8) is 0 Å². The van der Waals surface area contributed by atoms with E-state index in [4.69, 9.17) is 25.8 Å². The Morgan fingerprint density at radius 3 is 2.11 bits per heavy atom. The van der Waals surface area contributed by atoms with Crippen molar-refractivity contribution in [2.45, 2.75) is 44.2 Å². The molecule has 2 amide bonds. The lowest BCUT2D eigenvalue weighted by Crippen LogP contribution is -2.60. The highest BCUT2D eigenvalue weighted by Gasteiger charge is 2.38. The number of anilines is 1. The molecule has 1 saturated heterocycles. The number of amides is 2. The molecule has 1 heterocycles. The summed E-state index contributed by atoms with van der Waals surface area (Å²) >= 11 is 6.01. The van der Waals surface area contributed by atoms with Crippen molar-refractivity contribution < 1.29 is 19.0 Å². The molecule has 0 spiro atoms. The first kappa shape index (κ1) is 27.2. The summed E-state index contributed by atoms with van der Waals surface area (Å²) < 4.78 is 16.1. The summed E-state index contributed by atoms with van der Waals surface area (Å²) in [5.74, 6) is 2.20. The van der Waals surface area contributed by atoms with Crippen LogP contribution in [-0.4, -0.2) is 57.4 Å². The monoisotopic (exact) mass is 523 g/mol. The van der Waals surface area contributed by atoms with Gasteiger partial charge >= 0.3 is 6.03 Å². The fourth-order valence-electron chi connectivity index (χ4n) is 5.02. The van der Waals surface area contributed by atoms with E-state index >= 15 is 0 Å². The van der Waals surface area contributed by atoms with E-state index in [9.17, 15) is 4.79 Å². The number of hydrogen-bond donors (Lipinski definition) is 2. The number of rotatable bonds is 8. The van der Waals surface area contributed by atoms with Gasteiger partial charge in [0, 0.05) is 29.2 Å². The fourth-order valence-corrected chi connectivity index (χ4v) is 5.15. The van der Waals surface area contributed by atoms with Crippen LogP contribution in [0.25, 0.3) is 0 Å². The molecular weight excluding hydrogens is 489 g/mol. The number of nitrogens with one attached hydrogen (secondary N) is 2. The second kappa shape index (κ2) is 12.6. The van der Waals surface area contributed by atoms with Crippen LogP contribution >= 0.6 is 24.0 Å². The van der Waals surface area contributed by atoms with Gasteiger partial charge in [0.15, 0.2) is 11.5 Å². The first-order chi connectivity index (χ1) is 16.5. The Labute approximate surface area is 218 Å². The van der Waals surface area contributed by atoms with E-state index in [1.54, 1.807) is 33.5 Å². The molecule has 2 atom stereocenters. The quantitative estimate of drug-likeness (QED) is 0.484. The number of methoxy groups -OCH3 is 3. The largest absolute Gasteiger partial charge is 0.493 e. The van der Waals surface area contributed by atoms with Gasteiger partial charge in [-0.25, -0.2) is 4.79 Å². The van der Waals surface area contributed by atoms with Gasteiger partial charge in [-0.05, 0) is 68.8 Å². The Bertz CT molecular complexity index is 956. The molecule has 2 aliphatic rings. The van der Waals surface area contributed by atoms with E-state index in [1.165, 1.54) is 18.4 Å². The van der Waals surface area contributed by atoms with Gasteiger partial charge in [0.2, 0.25) is 5.75 Å². The van der Waals surface area contributed by atoms with Gasteiger partial charge in [0.25, 0.3) is 0 Å². The summed E-state index contributed by atoms with van der Waals surface area (Å²) in [5.41, 5.74) is 1.94. The molecule has 2 aromatic carbocycles.